The number of carbonyl (C=O) groups excluding carboxylic acids is 1. The Morgan fingerprint density at radius 1 is 1.35 bits per heavy atom. The molecule has 1 heterocycles. The van der Waals surface area contributed by atoms with E-state index in [1.807, 2.05) is 46.8 Å². The predicted octanol–water partition coefficient (Wildman–Crippen LogP) is 4.87. The Morgan fingerprint density at radius 3 is 2.65 bits per heavy atom. The summed E-state index contributed by atoms with van der Waals surface area (Å²) in [7, 11) is 0. The minimum atomic E-state index is 0.00160. The molecule has 0 fully saturated rings. The fourth-order valence-corrected chi connectivity index (χ4v) is 3.22. The van der Waals surface area contributed by atoms with Gasteiger partial charge in [-0.2, -0.15) is 5.10 Å². The summed E-state index contributed by atoms with van der Waals surface area (Å²) in [6, 6.07) is 7.48. The molecule has 0 radical (unpaired) electrons. The van der Waals surface area contributed by atoms with Crippen molar-refractivity contribution in [1.82, 2.24) is 14.7 Å². The highest BCUT2D eigenvalue weighted by Crippen LogP contribution is 2.18. The van der Waals surface area contributed by atoms with Crippen molar-refractivity contribution >= 4 is 23.6 Å². The van der Waals surface area contributed by atoms with Crippen LogP contribution in [0.15, 0.2) is 30.3 Å². The van der Waals surface area contributed by atoms with Crippen molar-refractivity contribution in [2.24, 2.45) is 5.92 Å². The maximum atomic E-state index is 12.8. The van der Waals surface area contributed by atoms with Crippen LogP contribution in [0.1, 0.15) is 43.3 Å². The summed E-state index contributed by atoms with van der Waals surface area (Å²) < 4.78 is 1.99. The number of amides is 1. The zero-order valence-corrected chi connectivity index (χ0v) is 17.0. The summed E-state index contributed by atoms with van der Waals surface area (Å²) in [5.41, 5.74) is 4.17. The molecular formula is C21H28ClN3O. The van der Waals surface area contributed by atoms with E-state index in [-0.39, 0.29) is 5.91 Å². The normalized spacial score (nSPS) is 11.5. The first-order valence-corrected chi connectivity index (χ1v) is 9.45. The van der Waals surface area contributed by atoms with Gasteiger partial charge in [0.25, 0.3) is 0 Å². The number of nitrogens with zero attached hydrogens (tertiary/aromatic N) is 3. The van der Waals surface area contributed by atoms with Gasteiger partial charge in [0.15, 0.2) is 0 Å². The largest absolute Gasteiger partial charge is 0.334 e. The molecule has 0 aliphatic carbocycles. The lowest BCUT2D eigenvalue weighted by atomic mass is 10.1. The van der Waals surface area contributed by atoms with Crippen LogP contribution in [-0.4, -0.2) is 27.1 Å². The SMILES string of the molecule is CCn1nc(C)c(CN(CC(C)C)C(=O)/C=C/c2cccc(Cl)c2)c1C. The number of benzene rings is 1. The van der Waals surface area contributed by atoms with Crippen LogP contribution in [0.3, 0.4) is 0 Å². The van der Waals surface area contributed by atoms with Crippen molar-refractivity contribution in [2.75, 3.05) is 6.54 Å². The third-order valence-corrected chi connectivity index (χ3v) is 4.58. The zero-order valence-electron chi connectivity index (χ0n) is 16.3. The number of halogens is 1. The zero-order chi connectivity index (χ0) is 19.3. The highest BCUT2D eigenvalue weighted by molar-refractivity contribution is 6.30. The average Bonchev–Trinajstić information content (AvgIpc) is 2.86. The van der Waals surface area contributed by atoms with Crippen molar-refractivity contribution in [3.05, 3.63) is 57.9 Å². The fraction of sp³-hybridized carbons (Fsp3) is 0.429. The van der Waals surface area contributed by atoms with Crippen LogP contribution >= 0.6 is 11.6 Å². The summed E-state index contributed by atoms with van der Waals surface area (Å²) in [6.45, 7) is 12.5. The Balaban J connectivity index is 2.21. The van der Waals surface area contributed by atoms with Crippen LogP contribution in [0, 0.1) is 19.8 Å². The minimum absolute atomic E-state index is 0.00160. The Bertz CT molecular complexity index is 793. The van der Waals surface area contributed by atoms with Crippen LogP contribution in [0.5, 0.6) is 0 Å². The van der Waals surface area contributed by atoms with E-state index < -0.39 is 0 Å². The summed E-state index contributed by atoms with van der Waals surface area (Å²) in [5.74, 6) is 0.391. The van der Waals surface area contributed by atoms with Crippen molar-refractivity contribution in [2.45, 2.75) is 47.7 Å². The topological polar surface area (TPSA) is 38.1 Å². The molecule has 1 aromatic heterocycles. The van der Waals surface area contributed by atoms with E-state index in [1.54, 1.807) is 6.08 Å². The van der Waals surface area contributed by atoms with Gasteiger partial charge in [-0.3, -0.25) is 9.48 Å². The van der Waals surface area contributed by atoms with Crippen LogP contribution in [0.2, 0.25) is 5.02 Å². The van der Waals surface area contributed by atoms with Gasteiger partial charge < -0.3 is 4.90 Å². The Hall–Kier alpha value is -2.07. The second-order valence-electron chi connectivity index (χ2n) is 6.97. The van der Waals surface area contributed by atoms with Crippen LogP contribution in [0.4, 0.5) is 0 Å². The molecule has 2 rings (SSSR count). The number of carbonyl (C=O) groups is 1. The van der Waals surface area contributed by atoms with E-state index in [1.165, 1.54) is 0 Å². The molecule has 0 spiro atoms. The van der Waals surface area contributed by atoms with E-state index in [4.69, 9.17) is 11.6 Å². The first-order chi connectivity index (χ1) is 12.3. The van der Waals surface area contributed by atoms with Gasteiger partial charge in [0, 0.05) is 42.0 Å². The minimum Gasteiger partial charge on any atom is -0.334 e. The van der Waals surface area contributed by atoms with Crippen molar-refractivity contribution < 1.29 is 4.79 Å². The molecular weight excluding hydrogens is 346 g/mol. The molecule has 1 amide bonds. The standard InChI is InChI=1S/C21H28ClN3O/c1-6-25-17(5)20(16(4)23-25)14-24(13-15(2)3)21(26)11-10-18-8-7-9-19(22)12-18/h7-12,15H,6,13-14H2,1-5H3/b11-10+. The maximum Gasteiger partial charge on any atom is 0.246 e. The predicted molar refractivity (Wildman–Crippen MR) is 108 cm³/mol. The fourth-order valence-electron chi connectivity index (χ4n) is 3.02. The first kappa shape index (κ1) is 20.2. The van der Waals surface area contributed by atoms with Gasteiger partial charge in [-0.15, -0.1) is 0 Å². The molecule has 1 aromatic carbocycles. The van der Waals surface area contributed by atoms with E-state index in [0.29, 0.717) is 24.0 Å². The second kappa shape index (κ2) is 9.04. The molecule has 4 nitrogen and oxygen atoms in total. The van der Waals surface area contributed by atoms with E-state index in [2.05, 4.69) is 32.8 Å². The highest BCUT2D eigenvalue weighted by Gasteiger charge is 2.18. The smallest absolute Gasteiger partial charge is 0.246 e. The van der Waals surface area contributed by atoms with Gasteiger partial charge in [0.1, 0.15) is 0 Å². The molecule has 0 aliphatic heterocycles. The van der Waals surface area contributed by atoms with E-state index in [0.717, 1.165) is 29.1 Å². The summed E-state index contributed by atoms with van der Waals surface area (Å²) in [4.78, 5) is 14.7. The number of hydrogen-bond donors (Lipinski definition) is 0. The first-order valence-electron chi connectivity index (χ1n) is 9.07. The number of aryl methyl sites for hydroxylation is 2. The summed E-state index contributed by atoms with van der Waals surface area (Å²) >= 11 is 6.01. The lowest BCUT2D eigenvalue weighted by Gasteiger charge is -2.23. The Kier molecular flexibility index (Phi) is 7.04. The van der Waals surface area contributed by atoms with Gasteiger partial charge in [0.2, 0.25) is 5.91 Å². The lowest BCUT2D eigenvalue weighted by Crippen LogP contribution is -2.32. The molecule has 0 saturated carbocycles. The van der Waals surface area contributed by atoms with E-state index >= 15 is 0 Å². The van der Waals surface area contributed by atoms with Crippen molar-refractivity contribution in [1.29, 1.82) is 0 Å². The molecule has 0 atom stereocenters. The maximum absolute atomic E-state index is 12.8. The monoisotopic (exact) mass is 373 g/mol. The third-order valence-electron chi connectivity index (χ3n) is 4.34. The van der Waals surface area contributed by atoms with Gasteiger partial charge in [-0.1, -0.05) is 37.6 Å². The third kappa shape index (κ3) is 5.21. The van der Waals surface area contributed by atoms with Gasteiger partial charge in [-0.05, 0) is 50.5 Å². The molecule has 0 unspecified atom stereocenters. The van der Waals surface area contributed by atoms with Crippen LogP contribution in [0.25, 0.3) is 6.08 Å². The van der Waals surface area contributed by atoms with Gasteiger partial charge in [0.05, 0.1) is 5.69 Å². The van der Waals surface area contributed by atoms with Gasteiger partial charge in [-0.25, -0.2) is 0 Å². The summed E-state index contributed by atoms with van der Waals surface area (Å²) in [5, 5.41) is 5.23. The molecule has 5 heteroatoms. The van der Waals surface area contributed by atoms with Gasteiger partial charge >= 0.3 is 0 Å². The molecule has 2 aromatic rings. The number of hydrogen-bond acceptors (Lipinski definition) is 2. The summed E-state index contributed by atoms with van der Waals surface area (Å²) in [6.07, 6.45) is 3.44. The number of rotatable bonds is 7. The van der Waals surface area contributed by atoms with Crippen molar-refractivity contribution in [3.63, 3.8) is 0 Å². The average molecular weight is 374 g/mol. The molecule has 140 valence electrons. The molecule has 0 saturated heterocycles. The van der Waals surface area contributed by atoms with E-state index in [9.17, 15) is 4.79 Å². The highest BCUT2D eigenvalue weighted by atomic mass is 35.5. The number of aromatic nitrogens is 2. The molecule has 0 aliphatic rings. The van der Waals surface area contributed by atoms with Crippen molar-refractivity contribution in [3.8, 4) is 0 Å². The quantitative estimate of drug-likeness (QED) is 0.649. The molecule has 0 bridgehead atoms. The lowest BCUT2D eigenvalue weighted by molar-refractivity contribution is -0.127. The Morgan fingerprint density at radius 2 is 2.08 bits per heavy atom. The molecule has 0 N–H and O–H groups in total. The van der Waals surface area contributed by atoms with Crippen LogP contribution in [-0.2, 0) is 17.9 Å². The van der Waals surface area contributed by atoms with Crippen LogP contribution < -0.4 is 0 Å². The Labute approximate surface area is 161 Å². The second-order valence-corrected chi connectivity index (χ2v) is 7.40. The molecule has 26 heavy (non-hydrogen) atoms.